The molecule has 0 aliphatic heterocycles. The highest BCUT2D eigenvalue weighted by Gasteiger charge is 2.29. The topological polar surface area (TPSA) is 78.9 Å². The Hall–Kier alpha value is -3.75. The lowest BCUT2D eigenvalue weighted by Crippen LogP contribution is -2.11. The fourth-order valence-electron chi connectivity index (χ4n) is 3.90. The number of ether oxygens (including phenoxy) is 2. The van der Waals surface area contributed by atoms with Gasteiger partial charge in [-0.05, 0) is 49.9 Å². The molecule has 0 amide bonds. The Morgan fingerprint density at radius 1 is 1.21 bits per heavy atom. The van der Waals surface area contributed by atoms with E-state index in [1.54, 1.807) is 22.9 Å². The van der Waals surface area contributed by atoms with Gasteiger partial charge in [0.05, 0.1) is 24.7 Å². The van der Waals surface area contributed by atoms with Gasteiger partial charge in [0, 0.05) is 29.8 Å². The van der Waals surface area contributed by atoms with Crippen LogP contribution in [0.25, 0.3) is 28.2 Å². The Morgan fingerprint density at radius 3 is 2.67 bits per heavy atom. The average Bonchev–Trinajstić information content (AvgIpc) is 3.32. The molecule has 1 fully saturated rings. The lowest BCUT2D eigenvalue weighted by Gasteiger charge is -2.16. The summed E-state index contributed by atoms with van der Waals surface area (Å²) < 4.78 is 43.7. The highest BCUT2D eigenvalue weighted by Crippen LogP contribution is 2.40. The van der Waals surface area contributed by atoms with E-state index in [2.05, 4.69) is 10.1 Å². The largest absolute Gasteiger partial charge is 0.496 e. The number of Topliss-reactive ketones (excluding diaryl/α,β-unsaturated/α-hetero) is 1. The minimum atomic E-state index is -3.08. The molecule has 9 heteroatoms. The Labute approximate surface area is 187 Å². The second-order valence-corrected chi connectivity index (χ2v) is 8.12. The molecule has 1 aliphatic rings. The normalized spacial score (nSPS) is 13.6. The first-order chi connectivity index (χ1) is 15.9. The zero-order valence-corrected chi connectivity index (χ0v) is 18.0. The van der Waals surface area contributed by atoms with E-state index in [0.29, 0.717) is 28.6 Å². The average molecular weight is 453 g/mol. The summed E-state index contributed by atoms with van der Waals surface area (Å²) >= 11 is 0. The highest BCUT2D eigenvalue weighted by atomic mass is 19.3. The molecule has 1 saturated carbocycles. The summed E-state index contributed by atoms with van der Waals surface area (Å²) in [6.07, 6.45) is 5.65. The molecule has 3 aromatic heterocycles. The number of rotatable bonds is 8. The third-order valence-corrected chi connectivity index (χ3v) is 5.67. The van der Waals surface area contributed by atoms with Crippen LogP contribution in [0.15, 0.2) is 47.2 Å². The summed E-state index contributed by atoms with van der Waals surface area (Å²) in [5.74, 6) is 0.641. The number of halogens is 2. The van der Waals surface area contributed by atoms with Gasteiger partial charge in [-0.1, -0.05) is 5.16 Å². The number of methoxy groups -OCH3 is 1. The molecule has 1 aromatic carbocycles. The van der Waals surface area contributed by atoms with E-state index in [1.807, 2.05) is 25.1 Å². The van der Waals surface area contributed by atoms with Gasteiger partial charge in [-0.15, -0.1) is 0 Å². The van der Waals surface area contributed by atoms with E-state index >= 15 is 0 Å². The highest BCUT2D eigenvalue weighted by molar-refractivity contribution is 6.02. The van der Waals surface area contributed by atoms with Crippen LogP contribution in [0.3, 0.4) is 0 Å². The van der Waals surface area contributed by atoms with Crippen molar-refractivity contribution in [2.75, 3.05) is 7.11 Å². The first-order valence-corrected chi connectivity index (χ1v) is 10.5. The maximum atomic E-state index is 13.2. The monoisotopic (exact) mass is 453 g/mol. The van der Waals surface area contributed by atoms with Crippen LogP contribution in [0.1, 0.15) is 35.3 Å². The zero-order chi connectivity index (χ0) is 23.1. The minimum Gasteiger partial charge on any atom is -0.496 e. The second-order valence-electron chi connectivity index (χ2n) is 8.12. The Morgan fingerprint density at radius 2 is 2.00 bits per heavy atom. The van der Waals surface area contributed by atoms with Crippen molar-refractivity contribution in [2.24, 2.45) is 5.92 Å². The molecule has 0 spiro atoms. The third kappa shape index (κ3) is 4.18. The lowest BCUT2D eigenvalue weighted by atomic mass is 10.00. The lowest BCUT2D eigenvalue weighted by molar-refractivity contribution is -0.0502. The van der Waals surface area contributed by atoms with E-state index in [4.69, 9.17) is 14.0 Å². The number of aryl methyl sites for hydroxylation is 1. The standard InChI is InChI=1S/C24H21F2N3O4/c1-13-7-19(33-28-13)15-5-6-29-17(12-27-22(29)11-15)16-9-20(31-2)23(18(30)8-14-3-4-14)21(10-16)32-24(25)26/h5-7,9-12,14,24H,3-4,8H2,1-2H3. The first kappa shape index (κ1) is 21.1. The van der Waals surface area contributed by atoms with Crippen LogP contribution in [-0.2, 0) is 0 Å². The van der Waals surface area contributed by atoms with Gasteiger partial charge in [0.15, 0.2) is 11.5 Å². The van der Waals surface area contributed by atoms with Crippen molar-refractivity contribution in [3.05, 3.63) is 54.0 Å². The fraction of sp³-hybridized carbons (Fsp3) is 0.292. The van der Waals surface area contributed by atoms with Gasteiger partial charge in [0.2, 0.25) is 0 Å². The van der Waals surface area contributed by atoms with E-state index in [-0.39, 0.29) is 29.3 Å². The number of benzene rings is 1. The van der Waals surface area contributed by atoms with Crippen LogP contribution >= 0.6 is 0 Å². The molecular formula is C24H21F2N3O4. The van der Waals surface area contributed by atoms with Gasteiger partial charge in [0.1, 0.15) is 22.7 Å². The van der Waals surface area contributed by atoms with Crippen LogP contribution in [0.5, 0.6) is 11.5 Å². The van der Waals surface area contributed by atoms with Crippen molar-refractivity contribution >= 4 is 11.4 Å². The quantitative estimate of drug-likeness (QED) is 0.325. The van der Waals surface area contributed by atoms with Crippen LogP contribution in [0.2, 0.25) is 0 Å². The number of fused-ring (bicyclic) bond motifs is 1. The summed E-state index contributed by atoms with van der Waals surface area (Å²) in [4.78, 5) is 17.3. The second kappa shape index (κ2) is 8.31. The minimum absolute atomic E-state index is 0.0465. The van der Waals surface area contributed by atoms with Crippen molar-refractivity contribution in [3.8, 4) is 34.1 Å². The Kier molecular flexibility index (Phi) is 5.32. The van der Waals surface area contributed by atoms with E-state index < -0.39 is 6.61 Å². The molecule has 0 radical (unpaired) electrons. The van der Waals surface area contributed by atoms with E-state index in [9.17, 15) is 13.6 Å². The molecule has 0 saturated heterocycles. The number of carbonyl (C=O) groups is 1. The first-order valence-electron chi connectivity index (χ1n) is 10.5. The molecule has 5 rings (SSSR count). The predicted octanol–water partition coefficient (Wildman–Crippen LogP) is 5.56. The van der Waals surface area contributed by atoms with E-state index in [1.165, 1.54) is 13.2 Å². The maximum Gasteiger partial charge on any atom is 0.387 e. The molecule has 0 unspecified atom stereocenters. The predicted molar refractivity (Wildman–Crippen MR) is 116 cm³/mol. The molecule has 170 valence electrons. The number of hydrogen-bond donors (Lipinski definition) is 0. The van der Waals surface area contributed by atoms with E-state index in [0.717, 1.165) is 24.1 Å². The van der Waals surface area contributed by atoms with Gasteiger partial charge >= 0.3 is 6.61 Å². The summed E-state index contributed by atoms with van der Waals surface area (Å²) in [6, 6.07) is 8.59. The molecule has 0 bridgehead atoms. The molecule has 7 nitrogen and oxygen atoms in total. The van der Waals surface area contributed by atoms with Crippen molar-refractivity contribution in [1.82, 2.24) is 14.5 Å². The Bertz CT molecular complexity index is 1340. The summed E-state index contributed by atoms with van der Waals surface area (Å²) in [6.45, 7) is -1.24. The van der Waals surface area contributed by atoms with Crippen LogP contribution in [-0.4, -0.2) is 34.0 Å². The number of hydrogen-bond acceptors (Lipinski definition) is 6. The number of imidazole rings is 1. The Balaban J connectivity index is 1.58. The van der Waals surface area contributed by atoms with Crippen LogP contribution in [0, 0.1) is 12.8 Å². The van der Waals surface area contributed by atoms with Crippen molar-refractivity contribution in [2.45, 2.75) is 32.8 Å². The molecule has 4 aromatic rings. The van der Waals surface area contributed by atoms with Crippen molar-refractivity contribution < 1.29 is 27.6 Å². The number of ketones is 1. The van der Waals surface area contributed by atoms with Gasteiger partial charge < -0.3 is 14.0 Å². The molecule has 33 heavy (non-hydrogen) atoms. The van der Waals surface area contributed by atoms with Crippen molar-refractivity contribution in [3.63, 3.8) is 0 Å². The summed E-state index contributed by atoms with van der Waals surface area (Å²) in [5, 5.41) is 3.90. The smallest absolute Gasteiger partial charge is 0.387 e. The van der Waals surface area contributed by atoms with Gasteiger partial charge in [0.25, 0.3) is 0 Å². The molecular weight excluding hydrogens is 432 g/mol. The van der Waals surface area contributed by atoms with Gasteiger partial charge in [-0.25, -0.2) is 4.98 Å². The van der Waals surface area contributed by atoms with Crippen LogP contribution < -0.4 is 9.47 Å². The number of nitrogens with zero attached hydrogens (tertiary/aromatic N) is 3. The SMILES string of the molecule is COc1cc(-c2cnc3cc(-c4cc(C)no4)ccn23)cc(OC(F)F)c1C(=O)CC1CC1. The van der Waals surface area contributed by atoms with Crippen LogP contribution in [0.4, 0.5) is 8.78 Å². The molecule has 0 N–H and O–H groups in total. The fourth-order valence-corrected chi connectivity index (χ4v) is 3.90. The number of aromatic nitrogens is 3. The van der Waals surface area contributed by atoms with Gasteiger partial charge in [-0.3, -0.25) is 9.20 Å². The summed E-state index contributed by atoms with van der Waals surface area (Å²) in [7, 11) is 1.40. The zero-order valence-electron chi connectivity index (χ0n) is 18.0. The van der Waals surface area contributed by atoms with Gasteiger partial charge in [-0.2, -0.15) is 8.78 Å². The number of pyridine rings is 1. The molecule has 1 aliphatic carbocycles. The third-order valence-electron chi connectivity index (χ3n) is 5.67. The number of carbonyl (C=O) groups excluding carboxylic acids is 1. The molecule has 0 atom stereocenters. The number of alkyl halides is 2. The summed E-state index contributed by atoms with van der Waals surface area (Å²) in [5.41, 5.74) is 3.40. The van der Waals surface area contributed by atoms with Crippen molar-refractivity contribution in [1.29, 1.82) is 0 Å². The molecule has 3 heterocycles. The maximum absolute atomic E-state index is 13.2.